The number of aryl methyl sites for hydroxylation is 1. The van der Waals surface area contributed by atoms with Gasteiger partial charge in [0.05, 0.1) is 18.3 Å². The van der Waals surface area contributed by atoms with Crippen molar-refractivity contribution in [2.75, 3.05) is 0 Å². The number of halogens is 1. The Bertz CT molecular complexity index is 643. The van der Waals surface area contributed by atoms with Crippen LogP contribution in [0.15, 0.2) is 30.0 Å². The van der Waals surface area contributed by atoms with Crippen molar-refractivity contribution < 1.29 is 18.7 Å². The van der Waals surface area contributed by atoms with Gasteiger partial charge in [-0.25, -0.2) is 9.18 Å². The largest absolute Gasteiger partial charge is 0.459 e. The molecular formula is C19H24FNO3. The third kappa shape index (κ3) is 3.36. The molecule has 0 amide bonds. The van der Waals surface area contributed by atoms with Crippen molar-refractivity contribution >= 4 is 5.97 Å². The number of ether oxygens (including phenoxy) is 2. The molecule has 0 radical (unpaired) electrons. The fourth-order valence-electron chi connectivity index (χ4n) is 3.55. The van der Waals surface area contributed by atoms with Gasteiger partial charge in [0.2, 0.25) is 0 Å². The van der Waals surface area contributed by atoms with Gasteiger partial charge in [-0.1, -0.05) is 6.07 Å². The minimum absolute atomic E-state index is 0.0405. The number of esters is 1. The number of carbonyl (C=O) groups excluding carboxylic acids is 1. The van der Waals surface area contributed by atoms with Crippen LogP contribution in [0, 0.1) is 12.8 Å². The van der Waals surface area contributed by atoms with E-state index >= 15 is 0 Å². The molecule has 0 saturated carbocycles. The molecule has 2 unspecified atom stereocenters. The smallest absolute Gasteiger partial charge is 0.337 e. The number of fused-ring (bicyclic) bond motifs is 2. The Morgan fingerprint density at radius 2 is 2.21 bits per heavy atom. The lowest BCUT2D eigenvalue weighted by molar-refractivity contribution is -0.155. The maximum Gasteiger partial charge on any atom is 0.337 e. The summed E-state index contributed by atoms with van der Waals surface area (Å²) in [5.74, 6) is -0.500. The molecule has 2 bridgehead atoms. The number of alkyl halides is 1. The Balaban J connectivity index is 1.86. The normalized spacial score (nSPS) is 33.2. The number of carbonyl (C=O) groups is 1. The van der Waals surface area contributed by atoms with Gasteiger partial charge in [-0.2, -0.15) is 0 Å². The fourth-order valence-corrected chi connectivity index (χ4v) is 3.55. The predicted molar refractivity (Wildman–Crippen MR) is 88.0 cm³/mol. The van der Waals surface area contributed by atoms with Crippen LogP contribution in [0.5, 0.6) is 0 Å². The first-order valence-corrected chi connectivity index (χ1v) is 8.51. The second-order valence-corrected chi connectivity index (χ2v) is 7.03. The monoisotopic (exact) mass is 333 g/mol. The summed E-state index contributed by atoms with van der Waals surface area (Å²) in [6.07, 6.45) is 3.76. The highest BCUT2D eigenvalue weighted by Crippen LogP contribution is 2.43. The summed E-state index contributed by atoms with van der Waals surface area (Å²) < 4.78 is 25.7. The van der Waals surface area contributed by atoms with Crippen LogP contribution in [0.25, 0.3) is 0 Å². The van der Waals surface area contributed by atoms with E-state index in [4.69, 9.17) is 9.47 Å². The van der Waals surface area contributed by atoms with E-state index in [1.54, 1.807) is 6.20 Å². The minimum Gasteiger partial charge on any atom is -0.459 e. The average Bonchev–Trinajstić information content (AvgIpc) is 2.54. The quantitative estimate of drug-likeness (QED) is 0.792. The summed E-state index contributed by atoms with van der Waals surface area (Å²) in [4.78, 5) is 16.7. The maximum atomic E-state index is 14.1. The molecule has 1 fully saturated rings. The highest BCUT2D eigenvalue weighted by Gasteiger charge is 2.48. The molecule has 1 aromatic rings. The van der Waals surface area contributed by atoms with E-state index in [2.05, 4.69) is 4.98 Å². The third-order valence-corrected chi connectivity index (χ3v) is 5.13. The number of hydrogen-bond acceptors (Lipinski definition) is 4. The molecule has 1 aliphatic heterocycles. The maximum absolute atomic E-state index is 14.1. The molecule has 0 N–H and O–H groups in total. The molecule has 4 nitrogen and oxygen atoms in total. The molecule has 4 atom stereocenters. The molecular weight excluding hydrogens is 309 g/mol. The fraction of sp³-hybridized carbons (Fsp3) is 0.579. The van der Waals surface area contributed by atoms with E-state index in [-0.39, 0.29) is 12.0 Å². The summed E-state index contributed by atoms with van der Waals surface area (Å²) in [7, 11) is 0. The van der Waals surface area contributed by atoms with Gasteiger partial charge < -0.3 is 9.47 Å². The van der Waals surface area contributed by atoms with Crippen LogP contribution in [0.1, 0.15) is 44.4 Å². The number of cyclic esters (lactones) is 1. The van der Waals surface area contributed by atoms with Crippen LogP contribution in [0.2, 0.25) is 0 Å². The van der Waals surface area contributed by atoms with Gasteiger partial charge in [-0.05, 0) is 63.7 Å². The van der Waals surface area contributed by atoms with Gasteiger partial charge in [-0.15, -0.1) is 0 Å². The van der Waals surface area contributed by atoms with E-state index in [1.165, 1.54) is 6.08 Å². The average molecular weight is 333 g/mol. The Kier molecular flexibility index (Phi) is 4.72. The molecule has 1 saturated heterocycles. The number of aromatic nitrogens is 1. The van der Waals surface area contributed by atoms with Crippen molar-refractivity contribution in [3.8, 4) is 0 Å². The van der Waals surface area contributed by atoms with Crippen LogP contribution in [0.3, 0.4) is 0 Å². The number of rotatable bonds is 3. The van der Waals surface area contributed by atoms with Gasteiger partial charge >= 0.3 is 5.97 Å². The first kappa shape index (κ1) is 17.1. The predicted octanol–water partition coefficient (Wildman–Crippen LogP) is 3.68. The highest BCUT2D eigenvalue weighted by atomic mass is 19.1. The number of pyridine rings is 1. The molecule has 1 aliphatic carbocycles. The van der Waals surface area contributed by atoms with Gasteiger partial charge in [-0.3, -0.25) is 4.98 Å². The SMILES string of the molecule is Cc1ccc(CO[C@]2(C)C3=CC(F)CC2CC[C@H](C)OC3=O)cn1. The minimum atomic E-state index is -1.12. The molecule has 1 aromatic heterocycles. The van der Waals surface area contributed by atoms with E-state index < -0.39 is 17.7 Å². The first-order valence-electron chi connectivity index (χ1n) is 8.51. The molecule has 2 heterocycles. The van der Waals surface area contributed by atoms with Gasteiger partial charge in [0.25, 0.3) is 0 Å². The second-order valence-electron chi connectivity index (χ2n) is 7.03. The number of allylic oxidation sites excluding steroid dienone is 1. The van der Waals surface area contributed by atoms with Crippen LogP contribution in [-0.4, -0.2) is 28.8 Å². The van der Waals surface area contributed by atoms with Crippen LogP contribution >= 0.6 is 0 Å². The van der Waals surface area contributed by atoms with E-state index in [0.29, 0.717) is 18.6 Å². The van der Waals surface area contributed by atoms with Crippen molar-refractivity contribution in [3.05, 3.63) is 41.2 Å². The summed E-state index contributed by atoms with van der Waals surface area (Å²) >= 11 is 0. The van der Waals surface area contributed by atoms with Crippen molar-refractivity contribution in [1.82, 2.24) is 4.98 Å². The van der Waals surface area contributed by atoms with Crippen LogP contribution in [0.4, 0.5) is 4.39 Å². The summed E-state index contributed by atoms with van der Waals surface area (Å²) in [5, 5.41) is 0. The Hall–Kier alpha value is -1.75. The lowest BCUT2D eigenvalue weighted by Crippen LogP contribution is -2.48. The van der Waals surface area contributed by atoms with E-state index in [0.717, 1.165) is 24.1 Å². The van der Waals surface area contributed by atoms with Gasteiger partial charge in [0, 0.05) is 11.9 Å². The molecule has 0 spiro atoms. The van der Waals surface area contributed by atoms with Gasteiger partial charge in [0.15, 0.2) is 0 Å². The Labute approximate surface area is 142 Å². The van der Waals surface area contributed by atoms with Crippen LogP contribution in [-0.2, 0) is 20.9 Å². The standard InChI is InChI=1S/C19H24FNO3/c1-12-4-6-14(10-21-12)11-23-19(3)15-7-5-13(2)24-18(22)17(19)9-16(20)8-15/h4,6,9-10,13,15-16H,5,7-8,11H2,1-3H3/t13-,15?,16?,19-/m0/s1. The molecule has 130 valence electrons. The molecule has 3 rings (SSSR count). The lowest BCUT2D eigenvalue weighted by atomic mass is 9.71. The number of hydrogen-bond donors (Lipinski definition) is 0. The summed E-state index contributed by atoms with van der Waals surface area (Å²) in [6, 6.07) is 3.88. The van der Waals surface area contributed by atoms with Crippen LogP contribution < -0.4 is 0 Å². The summed E-state index contributed by atoms with van der Waals surface area (Å²) in [5.41, 5.74) is 1.36. The zero-order valence-corrected chi connectivity index (χ0v) is 14.4. The molecule has 0 aromatic carbocycles. The van der Waals surface area contributed by atoms with Crippen molar-refractivity contribution in [2.45, 2.75) is 64.5 Å². The van der Waals surface area contributed by atoms with Gasteiger partial charge in [0.1, 0.15) is 11.8 Å². The third-order valence-electron chi connectivity index (χ3n) is 5.13. The van der Waals surface area contributed by atoms with E-state index in [1.807, 2.05) is 32.9 Å². The zero-order chi connectivity index (χ0) is 17.3. The number of nitrogens with zero attached hydrogens (tertiary/aromatic N) is 1. The topological polar surface area (TPSA) is 48.4 Å². The highest BCUT2D eigenvalue weighted by molar-refractivity contribution is 5.91. The summed E-state index contributed by atoms with van der Waals surface area (Å²) in [6.45, 7) is 6.02. The van der Waals surface area contributed by atoms with Crippen molar-refractivity contribution in [2.24, 2.45) is 5.92 Å². The second kappa shape index (κ2) is 6.63. The lowest BCUT2D eigenvalue weighted by Gasteiger charge is -2.44. The molecule has 24 heavy (non-hydrogen) atoms. The Morgan fingerprint density at radius 1 is 1.42 bits per heavy atom. The molecule has 2 aliphatic rings. The zero-order valence-electron chi connectivity index (χ0n) is 14.4. The van der Waals surface area contributed by atoms with Crippen molar-refractivity contribution in [1.29, 1.82) is 0 Å². The molecule has 5 heteroatoms. The van der Waals surface area contributed by atoms with Crippen molar-refractivity contribution in [3.63, 3.8) is 0 Å². The Morgan fingerprint density at radius 3 is 2.92 bits per heavy atom. The van der Waals surface area contributed by atoms with E-state index in [9.17, 15) is 9.18 Å². The first-order chi connectivity index (χ1) is 11.4.